The van der Waals surface area contributed by atoms with Crippen molar-refractivity contribution >= 4 is 11.8 Å². The van der Waals surface area contributed by atoms with Crippen LogP contribution in [0.5, 0.6) is 11.6 Å². The molecule has 3 heterocycles. The predicted molar refractivity (Wildman–Crippen MR) is 98.9 cm³/mol. The minimum Gasteiger partial charge on any atom is -0.439 e. The van der Waals surface area contributed by atoms with Gasteiger partial charge in [0.1, 0.15) is 5.75 Å². The molecular weight excluding hydrogens is 360 g/mol. The normalized spacial score (nSPS) is 13.0. The number of hydrogen-bond donors (Lipinski definition) is 1. The molecule has 2 aromatic heterocycles. The number of carbonyl (C=O) groups excluding carboxylic acids is 2. The lowest BCUT2D eigenvalue weighted by Crippen LogP contribution is -2.39. The summed E-state index contributed by atoms with van der Waals surface area (Å²) in [7, 11) is 1.55. The molecular formula is C19H18N6O3. The molecule has 0 bridgehead atoms. The Hall–Kier alpha value is -3.75. The Morgan fingerprint density at radius 1 is 1.07 bits per heavy atom. The molecule has 4 rings (SSSR count). The van der Waals surface area contributed by atoms with Crippen LogP contribution in [0.1, 0.15) is 26.8 Å². The fraction of sp³-hybridized carbons (Fsp3) is 0.211. The van der Waals surface area contributed by atoms with Crippen molar-refractivity contribution in [2.75, 3.05) is 13.6 Å². The molecule has 0 fully saturated rings. The summed E-state index contributed by atoms with van der Waals surface area (Å²) < 4.78 is 7.39. The van der Waals surface area contributed by atoms with Crippen molar-refractivity contribution < 1.29 is 14.3 Å². The lowest BCUT2D eigenvalue weighted by molar-refractivity contribution is 0.0706. The summed E-state index contributed by atoms with van der Waals surface area (Å²) in [6.45, 7) is 1.24. The predicted octanol–water partition coefficient (Wildman–Crippen LogP) is 1.48. The smallest absolute Gasteiger partial charge is 0.288 e. The number of fused-ring (bicyclic) bond motifs is 1. The van der Waals surface area contributed by atoms with Crippen molar-refractivity contribution in [2.45, 2.75) is 13.1 Å². The van der Waals surface area contributed by atoms with E-state index in [0.717, 1.165) is 0 Å². The molecule has 0 unspecified atom stereocenters. The Bertz CT molecular complexity index is 1000. The molecule has 1 aliphatic rings. The Morgan fingerprint density at radius 2 is 1.89 bits per heavy atom. The highest BCUT2D eigenvalue weighted by Crippen LogP contribution is 2.21. The monoisotopic (exact) mass is 378 g/mol. The van der Waals surface area contributed by atoms with Crippen molar-refractivity contribution in [3.63, 3.8) is 0 Å². The van der Waals surface area contributed by atoms with Gasteiger partial charge in [-0.3, -0.25) is 9.59 Å². The molecule has 0 radical (unpaired) electrons. The van der Waals surface area contributed by atoms with Crippen LogP contribution in [-0.2, 0) is 13.1 Å². The summed E-state index contributed by atoms with van der Waals surface area (Å²) in [5.74, 6) is 1.55. The van der Waals surface area contributed by atoms with Crippen LogP contribution in [0.4, 0.5) is 0 Å². The van der Waals surface area contributed by atoms with Gasteiger partial charge in [-0.05, 0) is 30.3 Å². The van der Waals surface area contributed by atoms with Crippen LogP contribution >= 0.6 is 0 Å². The van der Waals surface area contributed by atoms with E-state index in [9.17, 15) is 9.59 Å². The molecule has 0 spiro atoms. The summed E-state index contributed by atoms with van der Waals surface area (Å²) in [4.78, 5) is 30.4. The van der Waals surface area contributed by atoms with Crippen LogP contribution in [0.3, 0.4) is 0 Å². The van der Waals surface area contributed by atoms with Crippen molar-refractivity contribution in [1.82, 2.24) is 30.0 Å². The molecule has 3 aromatic rings. The number of carbonyl (C=O) groups is 2. The summed E-state index contributed by atoms with van der Waals surface area (Å²) >= 11 is 0. The molecule has 0 atom stereocenters. The van der Waals surface area contributed by atoms with Gasteiger partial charge in [0, 0.05) is 38.0 Å². The third-order valence-electron chi connectivity index (χ3n) is 4.43. The second kappa shape index (κ2) is 7.47. The molecule has 2 amide bonds. The van der Waals surface area contributed by atoms with Gasteiger partial charge in [0.25, 0.3) is 11.8 Å². The Kier molecular flexibility index (Phi) is 4.71. The largest absolute Gasteiger partial charge is 0.439 e. The van der Waals surface area contributed by atoms with Crippen molar-refractivity contribution in [1.29, 1.82) is 0 Å². The molecule has 0 saturated carbocycles. The first kappa shape index (κ1) is 17.7. The summed E-state index contributed by atoms with van der Waals surface area (Å²) in [5.41, 5.74) is 0.549. The lowest BCUT2D eigenvalue weighted by atomic mass is 10.1. The molecule has 0 aliphatic carbocycles. The quantitative estimate of drug-likeness (QED) is 0.738. The first-order chi connectivity index (χ1) is 13.7. The number of benzene rings is 1. The minimum absolute atomic E-state index is 0.111. The van der Waals surface area contributed by atoms with Gasteiger partial charge >= 0.3 is 0 Å². The van der Waals surface area contributed by atoms with Gasteiger partial charge in [-0.1, -0.05) is 6.07 Å². The molecule has 1 aromatic carbocycles. The van der Waals surface area contributed by atoms with E-state index >= 15 is 0 Å². The fourth-order valence-corrected chi connectivity index (χ4v) is 2.99. The molecule has 1 N–H and O–H groups in total. The Morgan fingerprint density at radius 3 is 2.61 bits per heavy atom. The highest BCUT2D eigenvalue weighted by molar-refractivity contribution is 5.94. The van der Waals surface area contributed by atoms with Gasteiger partial charge in [0.05, 0.1) is 6.54 Å². The molecule has 9 nitrogen and oxygen atoms in total. The summed E-state index contributed by atoms with van der Waals surface area (Å²) in [6, 6.07) is 12.3. The molecule has 1 aliphatic heterocycles. The van der Waals surface area contributed by atoms with E-state index < -0.39 is 0 Å². The second-order valence-corrected chi connectivity index (χ2v) is 6.19. The second-order valence-electron chi connectivity index (χ2n) is 6.19. The zero-order valence-electron chi connectivity index (χ0n) is 15.2. The topological polar surface area (TPSA) is 102 Å². The van der Waals surface area contributed by atoms with Crippen molar-refractivity contribution in [3.8, 4) is 11.6 Å². The van der Waals surface area contributed by atoms with Crippen LogP contribution in [0.25, 0.3) is 0 Å². The van der Waals surface area contributed by atoms with Crippen LogP contribution in [-0.4, -0.2) is 50.1 Å². The van der Waals surface area contributed by atoms with E-state index in [2.05, 4.69) is 20.5 Å². The molecule has 142 valence electrons. The average molecular weight is 378 g/mol. The van der Waals surface area contributed by atoms with E-state index in [1.54, 1.807) is 53.0 Å². The zero-order chi connectivity index (χ0) is 19.5. The third kappa shape index (κ3) is 3.41. The maximum Gasteiger partial charge on any atom is 0.288 e. The van der Waals surface area contributed by atoms with Gasteiger partial charge in [-0.25, -0.2) is 4.98 Å². The van der Waals surface area contributed by atoms with Crippen molar-refractivity contribution in [2.24, 2.45) is 0 Å². The van der Waals surface area contributed by atoms with E-state index in [-0.39, 0.29) is 17.6 Å². The number of amides is 2. The number of rotatable bonds is 4. The zero-order valence-corrected chi connectivity index (χ0v) is 15.2. The number of hydrogen-bond acceptors (Lipinski definition) is 6. The van der Waals surface area contributed by atoms with Gasteiger partial charge < -0.3 is 19.5 Å². The van der Waals surface area contributed by atoms with Crippen LogP contribution in [0.2, 0.25) is 0 Å². The number of ether oxygens (including phenoxy) is 1. The number of pyridine rings is 1. The molecule has 9 heteroatoms. The lowest BCUT2D eigenvalue weighted by Gasteiger charge is -2.27. The van der Waals surface area contributed by atoms with Gasteiger partial charge in [0.15, 0.2) is 5.82 Å². The molecule has 28 heavy (non-hydrogen) atoms. The third-order valence-corrected chi connectivity index (χ3v) is 4.43. The van der Waals surface area contributed by atoms with E-state index in [1.807, 2.05) is 12.1 Å². The number of nitrogens with one attached hydrogen (secondary N) is 1. The number of aromatic nitrogens is 4. The standard InChI is InChI=1S/C19H18N6O3/c1-20-18(26)17-23-22-15-12-24(10-11-25(15)17)19(27)13-5-7-14(8-6-13)28-16-4-2-3-9-21-16/h2-9H,10-12H2,1H3,(H,20,26). The van der Waals surface area contributed by atoms with Crippen LogP contribution < -0.4 is 10.1 Å². The fourth-order valence-electron chi connectivity index (χ4n) is 2.99. The van der Waals surface area contributed by atoms with Crippen molar-refractivity contribution in [3.05, 3.63) is 65.9 Å². The molecule has 0 saturated heterocycles. The highest BCUT2D eigenvalue weighted by atomic mass is 16.5. The summed E-state index contributed by atoms with van der Waals surface area (Å²) in [6.07, 6.45) is 1.65. The SMILES string of the molecule is CNC(=O)c1nnc2n1CCN(C(=O)c1ccc(Oc3ccccn3)cc1)C2. The average Bonchev–Trinajstić information content (AvgIpc) is 3.17. The van der Waals surface area contributed by atoms with E-state index in [0.29, 0.717) is 42.7 Å². The first-order valence-electron chi connectivity index (χ1n) is 8.78. The van der Waals surface area contributed by atoms with E-state index in [4.69, 9.17) is 4.74 Å². The maximum absolute atomic E-state index is 12.8. The maximum atomic E-state index is 12.8. The Balaban J connectivity index is 1.45. The first-order valence-corrected chi connectivity index (χ1v) is 8.78. The Labute approximate surface area is 161 Å². The van der Waals surface area contributed by atoms with Crippen LogP contribution in [0.15, 0.2) is 48.7 Å². The van der Waals surface area contributed by atoms with Gasteiger partial charge in [-0.2, -0.15) is 0 Å². The van der Waals surface area contributed by atoms with Crippen LogP contribution in [0, 0.1) is 0 Å². The summed E-state index contributed by atoms with van der Waals surface area (Å²) in [5, 5.41) is 10.5. The van der Waals surface area contributed by atoms with E-state index in [1.165, 1.54) is 0 Å². The van der Waals surface area contributed by atoms with Gasteiger partial charge in [0.2, 0.25) is 11.7 Å². The number of nitrogens with zero attached hydrogens (tertiary/aromatic N) is 5. The van der Waals surface area contributed by atoms with Gasteiger partial charge in [-0.15, -0.1) is 10.2 Å². The highest BCUT2D eigenvalue weighted by Gasteiger charge is 2.27. The minimum atomic E-state index is -0.290.